The summed E-state index contributed by atoms with van der Waals surface area (Å²) < 4.78 is 11.2. The topological polar surface area (TPSA) is 61.5 Å². The predicted octanol–water partition coefficient (Wildman–Crippen LogP) is 4.47. The Bertz CT molecular complexity index is 724. The van der Waals surface area contributed by atoms with Crippen molar-refractivity contribution in [2.45, 2.75) is 44.9 Å². The Kier molecular flexibility index (Phi) is 5.59. The van der Waals surface area contributed by atoms with E-state index in [4.69, 9.17) is 15.2 Å². The van der Waals surface area contributed by atoms with Crippen LogP contribution in [0.15, 0.2) is 42.5 Å². The van der Waals surface area contributed by atoms with E-state index in [9.17, 15) is 4.79 Å². The number of ether oxygens (including phenoxy) is 2. The standard InChI is InChI=1S/C21H25NO3/c1-2-3-14-24-15-10-12-16(13-11-15)25-21(23)19-8-4-7-18-17(19)6-5-9-20(18)22/h5-6,9-13,19H,2-4,7-8,14,22H2,1H3. The number of carbonyl (C=O) groups excluding carboxylic acids is 1. The Morgan fingerprint density at radius 3 is 2.68 bits per heavy atom. The molecule has 1 atom stereocenters. The highest BCUT2D eigenvalue weighted by molar-refractivity contribution is 5.82. The number of nitrogens with two attached hydrogens (primary N) is 1. The Balaban J connectivity index is 1.66. The summed E-state index contributed by atoms with van der Waals surface area (Å²) in [6, 6.07) is 13.0. The average molecular weight is 339 g/mol. The molecule has 0 aromatic heterocycles. The number of hydrogen-bond donors (Lipinski definition) is 1. The van der Waals surface area contributed by atoms with Crippen LogP contribution in [0.25, 0.3) is 0 Å². The molecule has 1 aliphatic rings. The Hall–Kier alpha value is -2.49. The molecule has 0 saturated carbocycles. The Morgan fingerprint density at radius 1 is 1.16 bits per heavy atom. The zero-order valence-corrected chi connectivity index (χ0v) is 14.7. The molecule has 0 aliphatic heterocycles. The first-order valence-electron chi connectivity index (χ1n) is 9.01. The molecule has 0 spiro atoms. The van der Waals surface area contributed by atoms with Gasteiger partial charge in [-0.3, -0.25) is 4.79 Å². The van der Waals surface area contributed by atoms with Gasteiger partial charge in [0.15, 0.2) is 0 Å². The summed E-state index contributed by atoms with van der Waals surface area (Å²) in [5.74, 6) is 0.881. The van der Waals surface area contributed by atoms with Crippen LogP contribution >= 0.6 is 0 Å². The molecule has 4 nitrogen and oxygen atoms in total. The van der Waals surface area contributed by atoms with E-state index in [1.54, 1.807) is 12.1 Å². The van der Waals surface area contributed by atoms with Crippen molar-refractivity contribution in [3.63, 3.8) is 0 Å². The molecule has 0 saturated heterocycles. The third kappa shape index (κ3) is 4.13. The molecular weight excluding hydrogens is 314 g/mol. The maximum atomic E-state index is 12.6. The van der Waals surface area contributed by atoms with Crippen molar-refractivity contribution >= 4 is 11.7 Å². The molecular formula is C21H25NO3. The quantitative estimate of drug-likeness (QED) is 0.365. The molecule has 0 amide bonds. The maximum absolute atomic E-state index is 12.6. The fourth-order valence-corrected chi connectivity index (χ4v) is 3.25. The van der Waals surface area contributed by atoms with Gasteiger partial charge in [-0.2, -0.15) is 0 Å². The van der Waals surface area contributed by atoms with Crippen LogP contribution < -0.4 is 15.2 Å². The number of carbonyl (C=O) groups is 1. The van der Waals surface area contributed by atoms with Crippen molar-refractivity contribution in [1.82, 2.24) is 0 Å². The molecule has 4 heteroatoms. The van der Waals surface area contributed by atoms with Crippen molar-refractivity contribution in [1.29, 1.82) is 0 Å². The lowest BCUT2D eigenvalue weighted by molar-refractivity contribution is -0.136. The lowest BCUT2D eigenvalue weighted by atomic mass is 9.82. The third-order valence-electron chi connectivity index (χ3n) is 4.64. The molecule has 2 aromatic rings. The van der Waals surface area contributed by atoms with Gasteiger partial charge >= 0.3 is 5.97 Å². The van der Waals surface area contributed by atoms with E-state index in [1.807, 2.05) is 30.3 Å². The number of rotatable bonds is 6. The molecule has 1 unspecified atom stereocenters. The minimum Gasteiger partial charge on any atom is -0.494 e. The van der Waals surface area contributed by atoms with Crippen LogP contribution in [0.5, 0.6) is 11.5 Å². The van der Waals surface area contributed by atoms with E-state index in [-0.39, 0.29) is 11.9 Å². The maximum Gasteiger partial charge on any atom is 0.318 e. The van der Waals surface area contributed by atoms with Crippen LogP contribution in [0, 0.1) is 0 Å². The van der Waals surface area contributed by atoms with Gasteiger partial charge in [0.1, 0.15) is 11.5 Å². The van der Waals surface area contributed by atoms with Gasteiger partial charge < -0.3 is 15.2 Å². The van der Waals surface area contributed by atoms with Gasteiger partial charge in [-0.1, -0.05) is 25.5 Å². The van der Waals surface area contributed by atoms with Gasteiger partial charge in [-0.15, -0.1) is 0 Å². The van der Waals surface area contributed by atoms with Crippen LogP contribution in [0.3, 0.4) is 0 Å². The lowest BCUT2D eigenvalue weighted by Gasteiger charge is -2.25. The zero-order chi connectivity index (χ0) is 17.6. The highest BCUT2D eigenvalue weighted by Crippen LogP contribution is 2.35. The smallest absolute Gasteiger partial charge is 0.318 e. The minimum atomic E-state index is -0.243. The van der Waals surface area contributed by atoms with Gasteiger partial charge in [-0.25, -0.2) is 0 Å². The fourth-order valence-electron chi connectivity index (χ4n) is 3.25. The lowest BCUT2D eigenvalue weighted by Crippen LogP contribution is -2.23. The number of hydrogen-bond acceptors (Lipinski definition) is 4. The molecule has 0 bridgehead atoms. The van der Waals surface area contributed by atoms with Crippen LogP contribution in [0.4, 0.5) is 5.69 Å². The van der Waals surface area contributed by atoms with E-state index < -0.39 is 0 Å². The molecule has 2 aromatic carbocycles. The summed E-state index contributed by atoms with van der Waals surface area (Å²) in [5.41, 5.74) is 8.93. The summed E-state index contributed by atoms with van der Waals surface area (Å²) in [7, 11) is 0. The van der Waals surface area contributed by atoms with E-state index in [2.05, 4.69) is 6.92 Å². The second kappa shape index (κ2) is 8.06. The van der Waals surface area contributed by atoms with Gasteiger partial charge in [-0.05, 0) is 67.1 Å². The fraction of sp³-hybridized carbons (Fsp3) is 0.381. The number of nitrogen functional groups attached to an aromatic ring is 1. The van der Waals surface area contributed by atoms with E-state index in [0.717, 1.165) is 54.7 Å². The van der Waals surface area contributed by atoms with Gasteiger partial charge in [0, 0.05) is 5.69 Å². The number of unbranched alkanes of at least 4 members (excludes halogenated alkanes) is 1. The first-order chi connectivity index (χ1) is 12.2. The molecule has 1 aliphatic carbocycles. The van der Waals surface area contributed by atoms with Crippen LogP contribution in [-0.4, -0.2) is 12.6 Å². The summed E-state index contributed by atoms with van der Waals surface area (Å²) >= 11 is 0. The van der Waals surface area contributed by atoms with Crippen molar-refractivity contribution in [3.8, 4) is 11.5 Å². The van der Waals surface area contributed by atoms with Crippen molar-refractivity contribution in [2.24, 2.45) is 0 Å². The number of benzene rings is 2. The molecule has 132 valence electrons. The largest absolute Gasteiger partial charge is 0.494 e. The Morgan fingerprint density at radius 2 is 1.92 bits per heavy atom. The Labute approximate surface area is 148 Å². The third-order valence-corrected chi connectivity index (χ3v) is 4.64. The predicted molar refractivity (Wildman–Crippen MR) is 99.0 cm³/mol. The van der Waals surface area contributed by atoms with Crippen LogP contribution in [-0.2, 0) is 11.2 Å². The van der Waals surface area contributed by atoms with Gasteiger partial charge in [0.2, 0.25) is 0 Å². The van der Waals surface area contributed by atoms with Gasteiger partial charge in [0.25, 0.3) is 0 Å². The van der Waals surface area contributed by atoms with Crippen LogP contribution in [0.2, 0.25) is 0 Å². The number of anilines is 1. The van der Waals surface area contributed by atoms with E-state index >= 15 is 0 Å². The normalized spacial score (nSPS) is 16.1. The second-order valence-electron chi connectivity index (χ2n) is 6.45. The highest BCUT2D eigenvalue weighted by atomic mass is 16.5. The second-order valence-corrected chi connectivity index (χ2v) is 6.45. The van der Waals surface area contributed by atoms with Crippen molar-refractivity contribution in [2.75, 3.05) is 12.3 Å². The summed E-state index contributed by atoms with van der Waals surface area (Å²) in [5, 5.41) is 0. The number of esters is 1. The molecule has 25 heavy (non-hydrogen) atoms. The molecule has 0 fully saturated rings. The van der Waals surface area contributed by atoms with Crippen LogP contribution in [0.1, 0.15) is 49.7 Å². The summed E-state index contributed by atoms with van der Waals surface area (Å²) in [6.07, 6.45) is 4.80. The molecule has 0 heterocycles. The summed E-state index contributed by atoms with van der Waals surface area (Å²) in [4.78, 5) is 12.6. The van der Waals surface area contributed by atoms with E-state index in [1.165, 1.54) is 0 Å². The monoisotopic (exact) mass is 339 g/mol. The van der Waals surface area contributed by atoms with E-state index in [0.29, 0.717) is 12.4 Å². The van der Waals surface area contributed by atoms with Crippen molar-refractivity contribution < 1.29 is 14.3 Å². The van der Waals surface area contributed by atoms with Gasteiger partial charge in [0.05, 0.1) is 12.5 Å². The first-order valence-corrected chi connectivity index (χ1v) is 9.01. The SMILES string of the molecule is CCCCOc1ccc(OC(=O)C2CCCc3c(N)cccc32)cc1. The molecule has 3 rings (SSSR count). The molecule has 2 N–H and O–H groups in total. The minimum absolute atomic E-state index is 0.216. The number of fused-ring (bicyclic) bond motifs is 1. The van der Waals surface area contributed by atoms with Crippen molar-refractivity contribution in [3.05, 3.63) is 53.6 Å². The average Bonchev–Trinajstić information content (AvgIpc) is 2.63. The highest BCUT2D eigenvalue weighted by Gasteiger charge is 2.29. The zero-order valence-electron chi connectivity index (χ0n) is 14.7. The first kappa shape index (κ1) is 17.3. The summed E-state index contributed by atoms with van der Waals surface area (Å²) in [6.45, 7) is 2.83. The molecule has 0 radical (unpaired) electrons.